The molecule has 2 rings (SSSR count). The van der Waals surface area contributed by atoms with Gasteiger partial charge in [-0.2, -0.15) is 0 Å². The van der Waals surface area contributed by atoms with Crippen LogP contribution < -0.4 is 9.47 Å². The summed E-state index contributed by atoms with van der Waals surface area (Å²) in [5, 5.41) is 0. The first kappa shape index (κ1) is 15.9. The van der Waals surface area contributed by atoms with E-state index in [2.05, 4.69) is 0 Å². The normalized spacial score (nSPS) is 17.0. The molecule has 112 valence electrons. The molecule has 0 atom stereocenters. The Balaban J connectivity index is 2.40. The molecule has 0 saturated carbocycles. The molecule has 0 spiro atoms. The van der Waals surface area contributed by atoms with Crippen LogP contribution in [0.2, 0.25) is 0 Å². The van der Waals surface area contributed by atoms with Crippen LogP contribution in [0.15, 0.2) is 23.1 Å². The van der Waals surface area contributed by atoms with Gasteiger partial charge in [0.15, 0.2) is 0 Å². The highest BCUT2D eigenvalue weighted by Gasteiger charge is 2.33. The molecule has 1 aromatic rings. The van der Waals surface area contributed by atoms with Gasteiger partial charge < -0.3 is 9.47 Å². The summed E-state index contributed by atoms with van der Waals surface area (Å²) < 4.78 is 11.1. The highest BCUT2D eigenvalue weighted by Crippen LogP contribution is 2.36. The number of carbonyl (C=O) groups is 1. The number of benzene rings is 1. The van der Waals surface area contributed by atoms with Crippen molar-refractivity contribution in [2.24, 2.45) is 0 Å². The predicted molar refractivity (Wildman–Crippen MR) is 89.7 cm³/mol. The first-order chi connectivity index (χ1) is 9.97. The molecular formula is C15H17NO3S2. The predicted octanol–water partition coefficient (Wildman–Crippen LogP) is 3.31. The molecular weight excluding hydrogens is 306 g/mol. The third-order valence-corrected chi connectivity index (χ3v) is 4.39. The molecule has 6 heteroatoms. The molecule has 0 aromatic heterocycles. The number of rotatable bonds is 4. The lowest BCUT2D eigenvalue weighted by molar-refractivity contribution is -0.123. The van der Waals surface area contributed by atoms with Gasteiger partial charge >= 0.3 is 0 Å². The van der Waals surface area contributed by atoms with Crippen molar-refractivity contribution in [3.8, 4) is 11.5 Å². The maximum atomic E-state index is 12.4. The zero-order valence-electron chi connectivity index (χ0n) is 12.4. The summed E-state index contributed by atoms with van der Waals surface area (Å²) in [7, 11) is 3.20. The largest absolute Gasteiger partial charge is 0.497 e. The smallest absolute Gasteiger partial charge is 0.266 e. The van der Waals surface area contributed by atoms with Crippen molar-refractivity contribution < 1.29 is 14.3 Å². The number of amides is 1. The molecule has 1 heterocycles. The van der Waals surface area contributed by atoms with Crippen LogP contribution in [0.25, 0.3) is 6.08 Å². The molecule has 0 radical (unpaired) electrons. The second-order valence-electron chi connectivity index (χ2n) is 4.75. The van der Waals surface area contributed by atoms with E-state index in [1.165, 1.54) is 11.8 Å². The molecule has 1 saturated heterocycles. The van der Waals surface area contributed by atoms with Crippen molar-refractivity contribution in [3.05, 3.63) is 28.7 Å². The summed E-state index contributed by atoms with van der Waals surface area (Å²) in [6.07, 6.45) is 1.79. The minimum Gasteiger partial charge on any atom is -0.497 e. The average molecular weight is 323 g/mol. The summed E-state index contributed by atoms with van der Waals surface area (Å²) in [4.78, 5) is 14.6. The van der Waals surface area contributed by atoms with Crippen molar-refractivity contribution in [3.63, 3.8) is 0 Å². The first-order valence-electron chi connectivity index (χ1n) is 6.47. The van der Waals surface area contributed by atoms with Gasteiger partial charge in [-0.25, -0.2) is 0 Å². The minimum absolute atomic E-state index is 0.0515. The summed E-state index contributed by atoms with van der Waals surface area (Å²) in [6, 6.07) is 5.51. The second-order valence-corrected chi connectivity index (χ2v) is 6.43. The van der Waals surface area contributed by atoms with E-state index in [9.17, 15) is 4.79 Å². The number of hydrogen-bond acceptors (Lipinski definition) is 5. The van der Waals surface area contributed by atoms with E-state index in [4.69, 9.17) is 21.7 Å². The zero-order chi connectivity index (χ0) is 15.6. The van der Waals surface area contributed by atoms with Gasteiger partial charge in [0.25, 0.3) is 5.91 Å². The number of hydrogen-bond donors (Lipinski definition) is 0. The van der Waals surface area contributed by atoms with E-state index in [1.54, 1.807) is 25.2 Å². The van der Waals surface area contributed by atoms with Crippen molar-refractivity contribution in [1.82, 2.24) is 4.90 Å². The molecule has 0 bridgehead atoms. The Bertz CT molecular complexity index is 611. The molecule has 1 aromatic carbocycles. The highest BCUT2D eigenvalue weighted by atomic mass is 32.2. The number of ether oxygens (including phenoxy) is 2. The lowest BCUT2D eigenvalue weighted by atomic mass is 10.1. The van der Waals surface area contributed by atoms with Gasteiger partial charge in [-0.1, -0.05) is 24.0 Å². The fourth-order valence-corrected chi connectivity index (χ4v) is 3.53. The molecule has 4 nitrogen and oxygen atoms in total. The van der Waals surface area contributed by atoms with Gasteiger partial charge in [0.2, 0.25) is 0 Å². The van der Waals surface area contributed by atoms with Gasteiger partial charge in [-0.05, 0) is 38.1 Å². The van der Waals surface area contributed by atoms with Crippen molar-refractivity contribution in [2.45, 2.75) is 19.9 Å². The van der Waals surface area contributed by atoms with Crippen LogP contribution in [0.5, 0.6) is 11.5 Å². The highest BCUT2D eigenvalue weighted by molar-refractivity contribution is 8.26. The maximum absolute atomic E-state index is 12.4. The minimum atomic E-state index is -0.0649. The average Bonchev–Trinajstić information content (AvgIpc) is 2.73. The summed E-state index contributed by atoms with van der Waals surface area (Å²) in [5.74, 6) is 1.33. The SMILES string of the molecule is COc1ccc(OC)c(C=C2SC(=S)N(C(C)C)C2=O)c1. The van der Waals surface area contributed by atoms with Crippen LogP contribution in [0.1, 0.15) is 19.4 Å². The van der Waals surface area contributed by atoms with Crippen LogP contribution in [0.4, 0.5) is 0 Å². The van der Waals surface area contributed by atoms with Gasteiger partial charge in [0.1, 0.15) is 15.8 Å². The van der Waals surface area contributed by atoms with Gasteiger partial charge in [-0.15, -0.1) is 0 Å². The Labute approximate surface area is 134 Å². The van der Waals surface area contributed by atoms with Gasteiger partial charge in [0.05, 0.1) is 19.1 Å². The standard InChI is InChI=1S/C15H17NO3S2/c1-9(2)16-14(17)13(21-15(16)20)8-10-7-11(18-3)5-6-12(10)19-4/h5-9H,1-4H3. The number of thioether (sulfide) groups is 1. The topological polar surface area (TPSA) is 38.8 Å². The van der Waals surface area contributed by atoms with Crippen LogP contribution in [0, 0.1) is 0 Å². The van der Waals surface area contributed by atoms with Crippen molar-refractivity contribution in [2.75, 3.05) is 14.2 Å². The number of methoxy groups -OCH3 is 2. The third-order valence-electron chi connectivity index (χ3n) is 3.06. The van der Waals surface area contributed by atoms with Crippen LogP contribution in [-0.2, 0) is 4.79 Å². The Morgan fingerprint density at radius 1 is 1.29 bits per heavy atom. The molecule has 0 aliphatic carbocycles. The lowest BCUT2D eigenvalue weighted by Crippen LogP contribution is -2.34. The second kappa shape index (κ2) is 6.49. The van der Waals surface area contributed by atoms with E-state index < -0.39 is 0 Å². The molecule has 0 unspecified atom stereocenters. The number of nitrogens with zero attached hydrogens (tertiary/aromatic N) is 1. The van der Waals surface area contributed by atoms with Gasteiger partial charge in [0, 0.05) is 11.6 Å². The molecule has 1 aliphatic heterocycles. The molecule has 1 fully saturated rings. The van der Waals surface area contributed by atoms with Crippen LogP contribution in [-0.4, -0.2) is 35.4 Å². The van der Waals surface area contributed by atoms with E-state index in [0.717, 1.165) is 5.56 Å². The van der Waals surface area contributed by atoms with E-state index in [1.807, 2.05) is 32.0 Å². The maximum Gasteiger partial charge on any atom is 0.266 e. The summed E-state index contributed by atoms with van der Waals surface area (Å²) in [5.41, 5.74) is 0.793. The van der Waals surface area contributed by atoms with E-state index in [0.29, 0.717) is 20.7 Å². The Hall–Kier alpha value is -1.53. The third kappa shape index (κ3) is 3.22. The quantitative estimate of drug-likeness (QED) is 0.628. The van der Waals surface area contributed by atoms with Crippen LogP contribution >= 0.6 is 24.0 Å². The number of thiocarbonyl (C=S) groups is 1. The molecule has 21 heavy (non-hydrogen) atoms. The monoisotopic (exact) mass is 323 g/mol. The van der Waals surface area contributed by atoms with E-state index in [-0.39, 0.29) is 11.9 Å². The lowest BCUT2D eigenvalue weighted by Gasteiger charge is -2.18. The van der Waals surface area contributed by atoms with Crippen LogP contribution in [0.3, 0.4) is 0 Å². The fraction of sp³-hybridized carbons (Fsp3) is 0.333. The Morgan fingerprint density at radius 3 is 2.52 bits per heavy atom. The van der Waals surface area contributed by atoms with Crippen molar-refractivity contribution >= 4 is 40.3 Å². The zero-order valence-corrected chi connectivity index (χ0v) is 14.0. The van der Waals surface area contributed by atoms with E-state index >= 15 is 0 Å². The molecule has 1 aliphatic rings. The Morgan fingerprint density at radius 2 is 2.00 bits per heavy atom. The summed E-state index contributed by atoms with van der Waals surface area (Å²) >= 11 is 6.58. The number of carbonyl (C=O) groups excluding carboxylic acids is 1. The summed E-state index contributed by atoms with van der Waals surface area (Å²) in [6.45, 7) is 3.89. The van der Waals surface area contributed by atoms with Crippen molar-refractivity contribution in [1.29, 1.82) is 0 Å². The molecule has 1 amide bonds. The fourth-order valence-electron chi connectivity index (χ4n) is 2.02. The van der Waals surface area contributed by atoms with Gasteiger partial charge in [-0.3, -0.25) is 9.69 Å². The first-order valence-corrected chi connectivity index (χ1v) is 7.69. The molecule has 0 N–H and O–H groups in total. The Kier molecular flexibility index (Phi) is 4.90.